The van der Waals surface area contributed by atoms with Crippen molar-refractivity contribution in [1.82, 2.24) is 15.2 Å². The van der Waals surface area contributed by atoms with Gasteiger partial charge in [-0.25, -0.2) is 0 Å². The lowest BCUT2D eigenvalue weighted by atomic mass is 10.0. The van der Waals surface area contributed by atoms with Crippen LogP contribution in [0, 0.1) is 0 Å². The van der Waals surface area contributed by atoms with Crippen LogP contribution in [-0.4, -0.2) is 40.8 Å². The molecule has 5 nitrogen and oxygen atoms in total. The molecule has 1 saturated heterocycles. The molecule has 0 unspecified atom stereocenters. The summed E-state index contributed by atoms with van der Waals surface area (Å²) in [5, 5.41) is 3.03. The van der Waals surface area contributed by atoms with Crippen LogP contribution in [0.5, 0.6) is 0 Å². The minimum atomic E-state index is -0.0748. The van der Waals surface area contributed by atoms with E-state index in [0.717, 1.165) is 24.8 Å². The largest absolute Gasteiger partial charge is 0.349 e. The van der Waals surface area contributed by atoms with Crippen LogP contribution in [0.3, 0.4) is 0 Å². The van der Waals surface area contributed by atoms with Gasteiger partial charge in [0, 0.05) is 42.7 Å². The first kappa shape index (κ1) is 16.2. The number of nitrogens with one attached hydrogen (secondary N) is 1. The predicted molar refractivity (Wildman–Crippen MR) is 85.4 cm³/mol. The van der Waals surface area contributed by atoms with Crippen LogP contribution >= 0.6 is 0 Å². The van der Waals surface area contributed by atoms with Gasteiger partial charge in [-0.2, -0.15) is 0 Å². The highest BCUT2D eigenvalue weighted by Gasteiger charge is 2.24. The fraction of sp³-hybridized carbons (Fsp3) is 0.471. The van der Waals surface area contributed by atoms with Crippen LogP contribution in [0.4, 0.5) is 0 Å². The number of amides is 2. The molecular formula is C17H23N3O2. The molecular weight excluding hydrogens is 278 g/mol. The van der Waals surface area contributed by atoms with Crippen LogP contribution in [0.25, 0.3) is 0 Å². The van der Waals surface area contributed by atoms with Crippen LogP contribution < -0.4 is 5.32 Å². The predicted octanol–water partition coefficient (Wildman–Crippen LogP) is 2.16. The summed E-state index contributed by atoms with van der Waals surface area (Å²) in [5.41, 5.74) is 1.43. The number of piperidine rings is 1. The average Bonchev–Trinajstić information content (AvgIpc) is 2.56. The van der Waals surface area contributed by atoms with Crippen molar-refractivity contribution in [3.8, 4) is 0 Å². The van der Waals surface area contributed by atoms with Crippen molar-refractivity contribution in [3.05, 3.63) is 41.7 Å². The van der Waals surface area contributed by atoms with Gasteiger partial charge in [0.25, 0.3) is 5.91 Å². The fourth-order valence-electron chi connectivity index (χ4n) is 2.64. The second-order valence-electron chi connectivity index (χ2n) is 5.57. The Kier molecular flexibility index (Phi) is 5.69. The van der Waals surface area contributed by atoms with E-state index < -0.39 is 0 Å². The van der Waals surface area contributed by atoms with Gasteiger partial charge in [-0.15, -0.1) is 0 Å². The van der Waals surface area contributed by atoms with Crippen LogP contribution in [0.1, 0.15) is 43.5 Å². The summed E-state index contributed by atoms with van der Waals surface area (Å²) >= 11 is 0. The third kappa shape index (κ3) is 4.16. The lowest BCUT2D eigenvalue weighted by Crippen LogP contribution is -2.46. The second kappa shape index (κ2) is 7.73. The number of hydrogen-bond acceptors (Lipinski definition) is 3. The lowest BCUT2D eigenvalue weighted by molar-refractivity contribution is -0.128. The molecule has 1 aliphatic rings. The number of likely N-dealkylation sites (tertiary alicyclic amines) is 1. The van der Waals surface area contributed by atoms with E-state index in [4.69, 9.17) is 0 Å². The number of hydrogen-bond donors (Lipinski definition) is 1. The molecule has 0 radical (unpaired) electrons. The molecule has 2 amide bonds. The van der Waals surface area contributed by atoms with E-state index in [0.29, 0.717) is 18.7 Å². The molecule has 118 valence electrons. The minimum absolute atomic E-state index is 0.0748. The molecule has 0 spiro atoms. The number of pyridine rings is 1. The molecule has 0 aromatic carbocycles. The first-order valence-electron chi connectivity index (χ1n) is 7.78. The van der Waals surface area contributed by atoms with Gasteiger partial charge in [-0.05, 0) is 38.3 Å². The molecule has 1 aliphatic heterocycles. The van der Waals surface area contributed by atoms with E-state index in [1.807, 2.05) is 24.8 Å². The molecule has 0 bridgehead atoms. The highest BCUT2D eigenvalue weighted by atomic mass is 16.2. The quantitative estimate of drug-likeness (QED) is 0.867. The number of allylic oxidation sites excluding steroid dienone is 1. The third-order valence-corrected chi connectivity index (χ3v) is 3.91. The van der Waals surface area contributed by atoms with E-state index >= 15 is 0 Å². The maximum absolute atomic E-state index is 12.2. The molecule has 2 rings (SSSR count). The number of aromatic nitrogens is 1. The van der Waals surface area contributed by atoms with Gasteiger partial charge in [0.05, 0.1) is 0 Å². The summed E-state index contributed by atoms with van der Waals surface area (Å²) in [6.07, 6.45) is 7.64. The monoisotopic (exact) mass is 301 g/mol. The maximum atomic E-state index is 12.2. The summed E-state index contributed by atoms with van der Waals surface area (Å²) < 4.78 is 0. The fourth-order valence-corrected chi connectivity index (χ4v) is 2.64. The van der Waals surface area contributed by atoms with E-state index in [1.54, 1.807) is 24.5 Å². The Morgan fingerprint density at radius 1 is 1.32 bits per heavy atom. The van der Waals surface area contributed by atoms with Gasteiger partial charge in [-0.1, -0.05) is 13.0 Å². The lowest BCUT2D eigenvalue weighted by Gasteiger charge is -2.32. The SMILES string of the molecule is CC/C=C(/C)C(=O)N1CCC(NC(=O)c2ccncc2)CC1. The van der Waals surface area contributed by atoms with Crippen LogP contribution in [0.2, 0.25) is 0 Å². The van der Waals surface area contributed by atoms with E-state index in [9.17, 15) is 9.59 Å². The Hall–Kier alpha value is -2.17. The Balaban J connectivity index is 1.84. The Morgan fingerprint density at radius 3 is 2.55 bits per heavy atom. The Morgan fingerprint density at radius 2 is 1.95 bits per heavy atom. The van der Waals surface area contributed by atoms with E-state index in [-0.39, 0.29) is 17.9 Å². The summed E-state index contributed by atoms with van der Waals surface area (Å²) in [7, 11) is 0. The molecule has 0 aliphatic carbocycles. The van der Waals surface area contributed by atoms with Crippen molar-refractivity contribution in [3.63, 3.8) is 0 Å². The molecule has 0 atom stereocenters. The van der Waals surface area contributed by atoms with Crippen molar-refractivity contribution in [2.24, 2.45) is 0 Å². The molecule has 1 N–H and O–H groups in total. The molecule has 2 heterocycles. The van der Waals surface area contributed by atoms with Crippen molar-refractivity contribution >= 4 is 11.8 Å². The van der Waals surface area contributed by atoms with Gasteiger partial charge < -0.3 is 10.2 Å². The summed E-state index contributed by atoms with van der Waals surface area (Å²) in [4.78, 5) is 30.1. The van der Waals surface area contributed by atoms with Crippen molar-refractivity contribution < 1.29 is 9.59 Å². The molecule has 0 saturated carbocycles. The second-order valence-corrected chi connectivity index (χ2v) is 5.57. The average molecular weight is 301 g/mol. The third-order valence-electron chi connectivity index (χ3n) is 3.91. The van der Waals surface area contributed by atoms with Gasteiger partial charge in [0.15, 0.2) is 0 Å². The number of carbonyl (C=O) groups is 2. The number of rotatable bonds is 4. The first-order valence-corrected chi connectivity index (χ1v) is 7.78. The summed E-state index contributed by atoms with van der Waals surface area (Å²) in [5.74, 6) is 0.0370. The van der Waals surface area contributed by atoms with Crippen molar-refractivity contribution in [1.29, 1.82) is 0 Å². The Labute approximate surface area is 131 Å². The van der Waals surface area contributed by atoms with Gasteiger partial charge >= 0.3 is 0 Å². The number of carbonyl (C=O) groups excluding carboxylic acids is 2. The molecule has 22 heavy (non-hydrogen) atoms. The molecule has 5 heteroatoms. The van der Waals surface area contributed by atoms with Gasteiger partial charge in [0.2, 0.25) is 5.91 Å². The molecule has 1 aromatic rings. The van der Waals surface area contributed by atoms with Crippen molar-refractivity contribution in [2.45, 2.75) is 39.2 Å². The van der Waals surface area contributed by atoms with Gasteiger partial charge in [-0.3, -0.25) is 14.6 Å². The van der Waals surface area contributed by atoms with E-state index in [1.165, 1.54) is 0 Å². The highest BCUT2D eigenvalue weighted by Crippen LogP contribution is 2.14. The first-order chi connectivity index (χ1) is 10.6. The molecule has 1 aromatic heterocycles. The highest BCUT2D eigenvalue weighted by molar-refractivity contribution is 5.94. The standard InChI is InChI=1S/C17H23N3O2/c1-3-4-13(2)17(22)20-11-7-15(8-12-20)19-16(21)14-5-9-18-10-6-14/h4-6,9-10,15H,3,7-8,11-12H2,1-2H3,(H,19,21)/b13-4-. The van der Waals surface area contributed by atoms with Crippen LogP contribution in [-0.2, 0) is 4.79 Å². The minimum Gasteiger partial charge on any atom is -0.349 e. The molecule has 1 fully saturated rings. The number of nitrogens with zero attached hydrogens (tertiary/aromatic N) is 2. The maximum Gasteiger partial charge on any atom is 0.251 e. The zero-order chi connectivity index (χ0) is 15.9. The summed E-state index contributed by atoms with van der Waals surface area (Å²) in [6.45, 7) is 5.27. The van der Waals surface area contributed by atoms with E-state index in [2.05, 4.69) is 10.3 Å². The zero-order valence-corrected chi connectivity index (χ0v) is 13.2. The topological polar surface area (TPSA) is 62.3 Å². The Bertz CT molecular complexity index is 546. The van der Waals surface area contributed by atoms with Crippen molar-refractivity contribution in [2.75, 3.05) is 13.1 Å². The van der Waals surface area contributed by atoms with Crippen LogP contribution in [0.15, 0.2) is 36.2 Å². The zero-order valence-electron chi connectivity index (χ0n) is 13.2. The smallest absolute Gasteiger partial charge is 0.251 e. The van der Waals surface area contributed by atoms with Gasteiger partial charge in [0.1, 0.15) is 0 Å². The summed E-state index contributed by atoms with van der Waals surface area (Å²) in [6, 6.07) is 3.53. The normalized spacial score (nSPS) is 16.5.